The van der Waals surface area contributed by atoms with Crippen LogP contribution in [0.15, 0.2) is 12.2 Å². The second-order valence-electron chi connectivity index (χ2n) is 2.05. The summed E-state index contributed by atoms with van der Waals surface area (Å²) in [4.78, 5) is 10.8. The second kappa shape index (κ2) is 6.28. The van der Waals surface area contributed by atoms with Gasteiger partial charge in [0.05, 0.1) is 11.7 Å². The van der Waals surface area contributed by atoms with Crippen LogP contribution in [0.5, 0.6) is 0 Å². The highest BCUT2D eigenvalue weighted by Gasteiger charge is 2.08. The molecule has 0 aromatic heterocycles. The lowest BCUT2D eigenvalue weighted by Crippen LogP contribution is -2.20. The number of rotatable bonds is 5. The summed E-state index contributed by atoms with van der Waals surface area (Å²) in [6.45, 7) is 3.30. The van der Waals surface area contributed by atoms with E-state index in [4.69, 9.17) is 5.11 Å². The van der Waals surface area contributed by atoms with Crippen LogP contribution >= 0.6 is 28.1 Å². The molecule has 1 unspecified atom stereocenters. The first-order chi connectivity index (χ1) is 5.61. The molecule has 1 N–H and O–H groups in total. The number of aliphatic hydroxyl groups excluding tert-OH is 1. The van der Waals surface area contributed by atoms with Gasteiger partial charge >= 0.3 is 5.97 Å². The van der Waals surface area contributed by atoms with Crippen molar-refractivity contribution in [2.75, 3.05) is 11.9 Å². The summed E-state index contributed by atoms with van der Waals surface area (Å²) >= 11 is 7.49. The molecule has 68 valence electrons. The molecule has 0 aromatic rings. The lowest BCUT2D eigenvalue weighted by atomic mass is 10.3. The van der Waals surface area contributed by atoms with Crippen molar-refractivity contribution < 1.29 is 14.6 Å². The summed E-state index contributed by atoms with van der Waals surface area (Å²) < 4.78 is 4.63. The van der Waals surface area contributed by atoms with E-state index in [0.29, 0.717) is 5.33 Å². The molecule has 0 aliphatic heterocycles. The maximum Gasteiger partial charge on any atom is 0.338 e. The Labute approximate surface area is 84.5 Å². The molecule has 0 saturated heterocycles. The first-order valence-corrected chi connectivity index (χ1v) is 4.76. The van der Waals surface area contributed by atoms with Crippen LogP contribution in [-0.2, 0) is 9.53 Å². The predicted molar refractivity (Wildman–Crippen MR) is 53.6 cm³/mol. The lowest BCUT2D eigenvalue weighted by molar-refractivity contribution is -0.140. The fourth-order valence-corrected chi connectivity index (χ4v) is 0.640. The van der Waals surface area contributed by atoms with Crippen molar-refractivity contribution in [3.05, 3.63) is 12.2 Å². The minimum atomic E-state index is -0.688. The molecule has 0 rings (SSSR count). The molecule has 1 atom stereocenters. The van der Waals surface area contributed by atoms with Gasteiger partial charge in [-0.25, -0.2) is 4.79 Å². The van der Waals surface area contributed by atoms with Crippen LogP contribution in [0.4, 0.5) is 0 Å². The molecule has 0 bridgehead atoms. The summed E-state index contributed by atoms with van der Waals surface area (Å²) in [5.74, 6) is -0.593. The molecule has 0 amide bonds. The lowest BCUT2D eigenvalue weighted by Gasteiger charge is -2.07. The van der Waals surface area contributed by atoms with Gasteiger partial charge in [-0.3, -0.25) is 0 Å². The third-order valence-corrected chi connectivity index (χ3v) is 2.02. The zero-order valence-electron chi connectivity index (χ0n) is 6.33. The van der Waals surface area contributed by atoms with Crippen molar-refractivity contribution in [2.45, 2.75) is 6.10 Å². The van der Waals surface area contributed by atoms with Crippen molar-refractivity contribution in [3.8, 4) is 0 Å². The average molecular weight is 253 g/mol. The Balaban J connectivity index is 3.71. The fraction of sp³-hybridized carbons (Fsp3) is 0.429. The van der Waals surface area contributed by atoms with Crippen LogP contribution in [0, 0.1) is 0 Å². The molecule has 3 nitrogen and oxygen atoms in total. The molecule has 0 saturated carbocycles. The van der Waals surface area contributed by atoms with Crippen molar-refractivity contribution in [3.63, 3.8) is 0 Å². The highest BCUT2D eigenvalue weighted by Crippen LogP contribution is 1.95. The third-order valence-electron chi connectivity index (χ3n) is 0.989. The average Bonchev–Trinajstić information content (AvgIpc) is 2.11. The fourth-order valence-electron chi connectivity index (χ4n) is 0.357. The minimum Gasteiger partial charge on any atom is -0.459 e. The van der Waals surface area contributed by atoms with Gasteiger partial charge in [0.1, 0.15) is 6.61 Å². The maximum atomic E-state index is 10.8. The van der Waals surface area contributed by atoms with Crippen LogP contribution in [0.2, 0.25) is 0 Å². The van der Waals surface area contributed by atoms with Gasteiger partial charge in [0, 0.05) is 10.7 Å². The van der Waals surface area contributed by atoms with Gasteiger partial charge in [-0.05, 0) is 0 Å². The Morgan fingerprint density at radius 2 is 2.42 bits per heavy atom. The van der Waals surface area contributed by atoms with Crippen LogP contribution < -0.4 is 0 Å². The molecule has 0 spiro atoms. The van der Waals surface area contributed by atoms with Crippen LogP contribution in [0.1, 0.15) is 0 Å². The molecular formula is C7H9BrO3S. The highest BCUT2D eigenvalue weighted by molar-refractivity contribution is 9.09. The number of aliphatic hydroxyl groups is 1. The number of carbonyl (C=O) groups is 1. The quantitative estimate of drug-likeness (QED) is 0.341. The van der Waals surface area contributed by atoms with Gasteiger partial charge in [-0.1, -0.05) is 34.7 Å². The molecule has 0 radical (unpaired) electrons. The monoisotopic (exact) mass is 252 g/mol. The molecule has 0 aliphatic carbocycles. The summed E-state index contributed by atoms with van der Waals surface area (Å²) in [5.41, 5.74) is 0.117. The van der Waals surface area contributed by atoms with Gasteiger partial charge < -0.3 is 9.84 Å². The standard InChI is InChI=1S/C7H9BrO3S/c1-5(4-12)7(10)11-3-6(9)2-8/h4,6,9H,1-3H2. The van der Waals surface area contributed by atoms with Crippen LogP contribution in [-0.4, -0.2) is 34.5 Å². The largest absolute Gasteiger partial charge is 0.459 e. The Morgan fingerprint density at radius 3 is 2.83 bits per heavy atom. The Hall–Kier alpha value is -0.260. The number of esters is 1. The Morgan fingerprint density at radius 1 is 1.83 bits per heavy atom. The zero-order valence-corrected chi connectivity index (χ0v) is 8.73. The number of alkyl halides is 1. The summed E-state index contributed by atoms with van der Waals surface area (Å²) in [5, 5.41) is 10.5. The third kappa shape index (κ3) is 4.58. The van der Waals surface area contributed by atoms with Gasteiger partial charge in [0.25, 0.3) is 0 Å². The van der Waals surface area contributed by atoms with E-state index < -0.39 is 12.1 Å². The van der Waals surface area contributed by atoms with E-state index in [0.717, 1.165) is 5.37 Å². The molecule has 0 aromatic carbocycles. The SMILES string of the molecule is C=C(C=S)C(=O)OCC(O)CBr. The summed E-state index contributed by atoms with van der Waals surface area (Å²) in [7, 11) is 0. The number of thiocarbonyl (C=S) groups is 1. The normalized spacial score (nSPS) is 11.8. The number of hydrogen-bond donors (Lipinski definition) is 1. The molecule has 12 heavy (non-hydrogen) atoms. The van der Waals surface area contributed by atoms with Crippen LogP contribution in [0.3, 0.4) is 0 Å². The highest BCUT2D eigenvalue weighted by atomic mass is 79.9. The molecular weight excluding hydrogens is 244 g/mol. The van der Waals surface area contributed by atoms with E-state index in [2.05, 4.69) is 39.5 Å². The Bertz CT molecular complexity index is 193. The van der Waals surface area contributed by atoms with Gasteiger partial charge in [0.15, 0.2) is 0 Å². The van der Waals surface area contributed by atoms with Gasteiger partial charge in [-0.15, -0.1) is 0 Å². The van der Waals surface area contributed by atoms with Crippen molar-refractivity contribution in [1.29, 1.82) is 0 Å². The van der Waals surface area contributed by atoms with Crippen molar-refractivity contribution >= 4 is 39.5 Å². The van der Waals surface area contributed by atoms with E-state index in [-0.39, 0.29) is 12.2 Å². The van der Waals surface area contributed by atoms with E-state index in [1.165, 1.54) is 0 Å². The number of halogens is 1. The van der Waals surface area contributed by atoms with Crippen molar-refractivity contribution in [2.24, 2.45) is 0 Å². The Kier molecular flexibility index (Phi) is 6.14. The summed E-state index contributed by atoms with van der Waals surface area (Å²) in [6, 6.07) is 0. The topological polar surface area (TPSA) is 46.5 Å². The van der Waals surface area contributed by atoms with Gasteiger partial charge in [-0.2, -0.15) is 0 Å². The summed E-state index contributed by atoms with van der Waals surface area (Å²) in [6.07, 6.45) is -0.688. The van der Waals surface area contributed by atoms with E-state index in [1.807, 2.05) is 0 Å². The predicted octanol–water partition coefficient (Wildman–Crippen LogP) is 0.841. The minimum absolute atomic E-state index is 0.0493. The number of hydrogen-bond acceptors (Lipinski definition) is 4. The first-order valence-electron chi connectivity index (χ1n) is 3.17. The van der Waals surface area contributed by atoms with E-state index >= 15 is 0 Å². The second-order valence-corrected chi connectivity index (χ2v) is 2.93. The van der Waals surface area contributed by atoms with Crippen molar-refractivity contribution in [1.82, 2.24) is 0 Å². The van der Waals surface area contributed by atoms with E-state index in [1.54, 1.807) is 0 Å². The number of ether oxygens (including phenoxy) is 1. The molecule has 0 fully saturated rings. The molecule has 0 aliphatic rings. The molecule has 5 heteroatoms. The van der Waals surface area contributed by atoms with E-state index in [9.17, 15) is 4.79 Å². The smallest absolute Gasteiger partial charge is 0.338 e. The van der Waals surface area contributed by atoms with Gasteiger partial charge in [0.2, 0.25) is 0 Å². The molecule has 0 heterocycles. The maximum absolute atomic E-state index is 10.8. The zero-order chi connectivity index (χ0) is 9.56. The number of carbonyl (C=O) groups excluding carboxylic acids is 1. The van der Waals surface area contributed by atoms with Crippen LogP contribution in [0.25, 0.3) is 0 Å². The first kappa shape index (κ1) is 11.7.